The molecule has 0 aromatic carbocycles. The molecule has 0 aliphatic heterocycles. The number of nitrogens with zero attached hydrogens (tertiary/aromatic N) is 4. The number of carbonyl (C=O) groups is 1. The summed E-state index contributed by atoms with van der Waals surface area (Å²) < 4.78 is 13.5. The molecule has 0 spiro atoms. The maximum absolute atomic E-state index is 12.2. The molecule has 10 heteroatoms. The number of esters is 1. The van der Waals surface area contributed by atoms with Gasteiger partial charge in [0, 0.05) is 44.9 Å². The van der Waals surface area contributed by atoms with E-state index in [9.17, 15) is 4.79 Å². The highest BCUT2D eigenvalue weighted by Gasteiger charge is 2.33. The monoisotopic (exact) mass is 515 g/mol. The molecule has 0 bridgehead atoms. The van der Waals surface area contributed by atoms with Crippen molar-refractivity contribution in [2.45, 2.75) is 84.1 Å². The molecule has 3 aromatic rings. The van der Waals surface area contributed by atoms with E-state index >= 15 is 0 Å². The van der Waals surface area contributed by atoms with E-state index in [1.54, 1.807) is 5.51 Å². The summed E-state index contributed by atoms with van der Waals surface area (Å²) in [6.45, 7) is 14.0. The van der Waals surface area contributed by atoms with Crippen molar-refractivity contribution >= 4 is 42.1 Å². The van der Waals surface area contributed by atoms with Crippen LogP contribution in [0.5, 0.6) is 0 Å². The third-order valence-corrected chi connectivity index (χ3v) is 8.49. The Morgan fingerprint density at radius 3 is 2.71 bits per heavy atom. The van der Waals surface area contributed by atoms with Gasteiger partial charge in [-0.3, -0.25) is 4.79 Å². The first-order chi connectivity index (χ1) is 16.5. The van der Waals surface area contributed by atoms with Crippen molar-refractivity contribution in [3.8, 4) is 10.6 Å². The highest BCUT2D eigenvalue weighted by atomic mass is 32.1. The second-order valence-corrected chi connectivity index (χ2v) is 18.1. The van der Waals surface area contributed by atoms with Gasteiger partial charge in [-0.25, -0.2) is 4.98 Å². The molecule has 3 aromatic heterocycles. The number of carbonyl (C=O) groups excluding carboxylic acids is 1. The van der Waals surface area contributed by atoms with Crippen molar-refractivity contribution < 1.29 is 14.3 Å². The van der Waals surface area contributed by atoms with Gasteiger partial charge in [-0.2, -0.15) is 0 Å². The first kappa shape index (κ1) is 25.8. The van der Waals surface area contributed by atoms with E-state index in [-0.39, 0.29) is 12.0 Å². The standard InChI is InChI=1S/C25H37N5O3SSi/c1-25(2,3)33-21(31)13-17-11-18(12-17)28-22-19-7-8-30(16-32-9-10-35(4,5)6)23(19)26-14-20(22)24-29-27-15-34-24/h7-8,14-15,17-18H,9-13,16H2,1-6H3,(H,26,28). The lowest BCUT2D eigenvalue weighted by molar-refractivity contribution is -0.156. The Morgan fingerprint density at radius 2 is 2.06 bits per heavy atom. The summed E-state index contributed by atoms with van der Waals surface area (Å²) in [6.07, 6.45) is 6.24. The Balaban J connectivity index is 1.46. The molecule has 35 heavy (non-hydrogen) atoms. The van der Waals surface area contributed by atoms with Gasteiger partial charge in [0.25, 0.3) is 0 Å². The summed E-state index contributed by atoms with van der Waals surface area (Å²) in [4.78, 5) is 17.0. The van der Waals surface area contributed by atoms with Gasteiger partial charge >= 0.3 is 5.97 Å². The van der Waals surface area contributed by atoms with E-state index in [0.29, 0.717) is 19.1 Å². The van der Waals surface area contributed by atoms with Crippen molar-refractivity contribution in [2.75, 3.05) is 11.9 Å². The molecule has 0 saturated heterocycles. The van der Waals surface area contributed by atoms with Crippen LogP contribution < -0.4 is 5.32 Å². The fourth-order valence-electron chi connectivity index (χ4n) is 4.24. The van der Waals surface area contributed by atoms with E-state index in [2.05, 4.69) is 45.8 Å². The smallest absolute Gasteiger partial charge is 0.306 e. The van der Waals surface area contributed by atoms with Gasteiger partial charge in [0.05, 0.1) is 11.3 Å². The molecule has 0 atom stereocenters. The van der Waals surface area contributed by atoms with E-state index < -0.39 is 13.7 Å². The quantitative estimate of drug-likeness (QED) is 0.208. The highest BCUT2D eigenvalue weighted by Crippen LogP contribution is 2.39. The second kappa shape index (κ2) is 10.4. The summed E-state index contributed by atoms with van der Waals surface area (Å²) in [5.41, 5.74) is 4.16. The molecule has 0 unspecified atom stereocenters. The van der Waals surface area contributed by atoms with Crippen molar-refractivity contribution in [1.82, 2.24) is 19.7 Å². The first-order valence-corrected chi connectivity index (χ1v) is 16.9. The summed E-state index contributed by atoms with van der Waals surface area (Å²) in [5, 5.41) is 13.9. The van der Waals surface area contributed by atoms with Crippen molar-refractivity contribution in [2.24, 2.45) is 5.92 Å². The highest BCUT2D eigenvalue weighted by molar-refractivity contribution is 7.12. The minimum atomic E-state index is -1.13. The average molecular weight is 516 g/mol. The van der Waals surface area contributed by atoms with E-state index in [0.717, 1.165) is 52.8 Å². The minimum absolute atomic E-state index is 0.118. The summed E-state index contributed by atoms with van der Waals surface area (Å²) >= 11 is 1.50. The maximum Gasteiger partial charge on any atom is 0.306 e. The Morgan fingerprint density at radius 1 is 1.29 bits per heavy atom. The number of hydrogen-bond donors (Lipinski definition) is 1. The van der Waals surface area contributed by atoms with Gasteiger partial charge in [0.2, 0.25) is 0 Å². The number of ether oxygens (including phenoxy) is 2. The summed E-state index contributed by atoms with van der Waals surface area (Å²) in [7, 11) is -1.13. The molecular formula is C25H37N5O3SSi. The summed E-state index contributed by atoms with van der Waals surface area (Å²) in [6, 6.07) is 3.52. The predicted molar refractivity (Wildman–Crippen MR) is 143 cm³/mol. The van der Waals surface area contributed by atoms with Crippen LogP contribution in [0.15, 0.2) is 24.0 Å². The molecule has 1 N–H and O–H groups in total. The predicted octanol–water partition coefficient (Wildman–Crippen LogP) is 5.79. The lowest BCUT2D eigenvalue weighted by Crippen LogP contribution is -2.37. The van der Waals surface area contributed by atoms with E-state index in [1.165, 1.54) is 11.3 Å². The lowest BCUT2D eigenvalue weighted by atomic mass is 9.78. The van der Waals surface area contributed by atoms with Crippen LogP contribution in [0.3, 0.4) is 0 Å². The van der Waals surface area contributed by atoms with Gasteiger partial charge in [-0.05, 0) is 51.6 Å². The third-order valence-electron chi connectivity index (χ3n) is 6.07. The molecular weight excluding hydrogens is 478 g/mol. The molecule has 1 aliphatic carbocycles. The van der Waals surface area contributed by atoms with E-state index in [4.69, 9.17) is 14.5 Å². The Kier molecular flexibility index (Phi) is 7.63. The molecule has 1 fully saturated rings. The van der Waals surface area contributed by atoms with Gasteiger partial charge in [-0.1, -0.05) is 31.0 Å². The Labute approximate surface area is 212 Å². The lowest BCUT2D eigenvalue weighted by Gasteiger charge is -2.37. The number of hydrogen-bond acceptors (Lipinski definition) is 8. The van der Waals surface area contributed by atoms with Gasteiger partial charge in [0.1, 0.15) is 23.5 Å². The molecule has 1 saturated carbocycles. The third kappa shape index (κ3) is 6.89. The normalized spacial score (nSPS) is 18.5. The van der Waals surface area contributed by atoms with Crippen LogP contribution in [0.4, 0.5) is 5.69 Å². The fraction of sp³-hybridized carbons (Fsp3) is 0.600. The van der Waals surface area contributed by atoms with Crippen LogP contribution in [-0.2, 0) is 21.0 Å². The van der Waals surface area contributed by atoms with Gasteiger partial charge < -0.3 is 19.4 Å². The number of rotatable bonds is 10. The zero-order valence-corrected chi connectivity index (χ0v) is 23.4. The molecule has 0 amide bonds. The molecule has 3 heterocycles. The van der Waals surface area contributed by atoms with Gasteiger partial charge in [0.15, 0.2) is 5.01 Å². The molecule has 4 rings (SSSR count). The molecule has 190 valence electrons. The van der Waals surface area contributed by atoms with Crippen LogP contribution in [0.2, 0.25) is 25.7 Å². The Bertz CT molecular complexity index is 1140. The molecule has 1 aliphatic rings. The van der Waals surface area contributed by atoms with E-state index in [1.807, 2.05) is 33.2 Å². The fourth-order valence-corrected chi connectivity index (χ4v) is 5.56. The first-order valence-electron chi connectivity index (χ1n) is 12.3. The largest absolute Gasteiger partial charge is 0.460 e. The minimum Gasteiger partial charge on any atom is -0.460 e. The molecule has 0 radical (unpaired) electrons. The van der Waals surface area contributed by atoms with Crippen LogP contribution >= 0.6 is 11.3 Å². The van der Waals surface area contributed by atoms with Crippen molar-refractivity contribution in [3.63, 3.8) is 0 Å². The number of anilines is 1. The maximum atomic E-state index is 12.2. The van der Waals surface area contributed by atoms with Crippen molar-refractivity contribution in [1.29, 1.82) is 0 Å². The van der Waals surface area contributed by atoms with Crippen LogP contribution in [0, 0.1) is 5.92 Å². The number of pyridine rings is 1. The topological polar surface area (TPSA) is 91.2 Å². The van der Waals surface area contributed by atoms with Crippen LogP contribution in [-0.4, -0.2) is 52.0 Å². The van der Waals surface area contributed by atoms with Crippen LogP contribution in [0.1, 0.15) is 40.0 Å². The number of nitrogens with one attached hydrogen (secondary N) is 1. The zero-order chi connectivity index (χ0) is 25.2. The van der Waals surface area contributed by atoms with Gasteiger partial charge in [-0.15, -0.1) is 10.2 Å². The average Bonchev–Trinajstić information content (AvgIpc) is 3.38. The van der Waals surface area contributed by atoms with Crippen LogP contribution in [0.25, 0.3) is 21.6 Å². The van der Waals surface area contributed by atoms with Crippen molar-refractivity contribution in [3.05, 3.63) is 24.0 Å². The summed E-state index contributed by atoms with van der Waals surface area (Å²) in [5.74, 6) is 0.224. The molecule has 8 nitrogen and oxygen atoms in total. The number of aromatic nitrogens is 4. The second-order valence-electron chi connectivity index (χ2n) is 11.6. The number of fused-ring (bicyclic) bond motifs is 1. The SMILES string of the molecule is CC(C)(C)OC(=O)CC1CC(Nc2c(-c3nncs3)cnc3c2ccn3COCC[Si](C)(C)C)C1. The zero-order valence-electron chi connectivity index (χ0n) is 21.6. The Hall–Kier alpha value is -2.30.